The zero-order valence-electron chi connectivity index (χ0n) is 11.9. The molecule has 2 aromatic rings. The van der Waals surface area contributed by atoms with E-state index >= 15 is 0 Å². The number of rotatable bonds is 2. The highest BCUT2D eigenvalue weighted by Gasteiger charge is 2.23. The number of pyridine rings is 1. The fourth-order valence-electron chi connectivity index (χ4n) is 2.57. The first kappa shape index (κ1) is 13.4. The van der Waals surface area contributed by atoms with Crippen LogP contribution in [0.2, 0.25) is 0 Å². The van der Waals surface area contributed by atoms with Gasteiger partial charge in [0.15, 0.2) is 0 Å². The lowest BCUT2D eigenvalue weighted by molar-refractivity contribution is 0.0734. The van der Waals surface area contributed by atoms with Gasteiger partial charge in [0.25, 0.3) is 5.91 Å². The molecule has 21 heavy (non-hydrogen) atoms. The minimum absolute atomic E-state index is 0.0512. The van der Waals surface area contributed by atoms with E-state index in [2.05, 4.69) is 4.98 Å². The van der Waals surface area contributed by atoms with E-state index in [4.69, 9.17) is 10.5 Å². The summed E-state index contributed by atoms with van der Waals surface area (Å²) >= 11 is 0. The average Bonchev–Trinajstić information content (AvgIpc) is 2.53. The Morgan fingerprint density at radius 1 is 1.38 bits per heavy atom. The van der Waals surface area contributed by atoms with Crippen LogP contribution in [0.1, 0.15) is 21.6 Å². The van der Waals surface area contributed by atoms with Crippen molar-refractivity contribution < 1.29 is 9.53 Å². The Morgan fingerprint density at radius 2 is 2.24 bits per heavy atom. The molecule has 0 bridgehead atoms. The predicted molar refractivity (Wildman–Crippen MR) is 80.1 cm³/mol. The number of benzene rings is 1. The Bertz CT molecular complexity index is 685. The summed E-state index contributed by atoms with van der Waals surface area (Å²) in [4.78, 5) is 18.8. The number of anilines is 1. The number of ether oxygens (including phenoxy) is 1. The van der Waals surface area contributed by atoms with Crippen LogP contribution in [0.3, 0.4) is 0 Å². The third-order valence-electron chi connectivity index (χ3n) is 3.74. The topological polar surface area (TPSA) is 68.5 Å². The van der Waals surface area contributed by atoms with Crippen LogP contribution in [0.5, 0.6) is 5.75 Å². The lowest BCUT2D eigenvalue weighted by atomic mass is 10.0. The first-order chi connectivity index (χ1) is 10.2. The van der Waals surface area contributed by atoms with Crippen molar-refractivity contribution in [2.24, 2.45) is 0 Å². The highest BCUT2D eigenvalue weighted by Crippen LogP contribution is 2.24. The van der Waals surface area contributed by atoms with Gasteiger partial charge in [-0.25, -0.2) is 0 Å². The summed E-state index contributed by atoms with van der Waals surface area (Å²) in [6.45, 7) is 1.24. The van der Waals surface area contributed by atoms with Crippen LogP contribution in [-0.4, -0.2) is 29.4 Å². The van der Waals surface area contributed by atoms with Crippen LogP contribution in [-0.2, 0) is 13.0 Å². The van der Waals surface area contributed by atoms with Crippen LogP contribution in [0.15, 0.2) is 36.5 Å². The first-order valence-electron chi connectivity index (χ1n) is 6.84. The Morgan fingerprint density at radius 3 is 3.00 bits per heavy atom. The number of nitrogens with zero attached hydrogens (tertiary/aromatic N) is 2. The molecular weight excluding hydrogens is 266 g/mol. The summed E-state index contributed by atoms with van der Waals surface area (Å²) in [7, 11) is 1.57. The molecule has 0 saturated heterocycles. The number of aromatic nitrogens is 1. The maximum absolute atomic E-state index is 12.6. The van der Waals surface area contributed by atoms with Crippen LogP contribution in [0, 0.1) is 0 Å². The number of nitrogens with two attached hydrogens (primary N) is 1. The summed E-state index contributed by atoms with van der Waals surface area (Å²) in [5.74, 6) is 0.599. The van der Waals surface area contributed by atoms with Gasteiger partial charge in [-0.05, 0) is 23.8 Å². The number of methoxy groups -OCH3 is 1. The highest BCUT2D eigenvalue weighted by atomic mass is 16.5. The minimum atomic E-state index is -0.0512. The normalized spacial score (nSPS) is 13.7. The van der Waals surface area contributed by atoms with Gasteiger partial charge in [-0.15, -0.1) is 0 Å². The van der Waals surface area contributed by atoms with E-state index in [0.717, 1.165) is 17.7 Å². The molecule has 2 heterocycles. The Balaban J connectivity index is 1.84. The molecule has 108 valence electrons. The second kappa shape index (κ2) is 5.44. The summed E-state index contributed by atoms with van der Waals surface area (Å²) in [6.07, 6.45) is 2.57. The van der Waals surface area contributed by atoms with Gasteiger partial charge in [0.05, 0.1) is 12.7 Å². The van der Waals surface area contributed by atoms with Gasteiger partial charge in [-0.1, -0.05) is 6.07 Å². The van der Waals surface area contributed by atoms with E-state index in [1.165, 1.54) is 0 Å². The molecule has 1 aromatic heterocycles. The summed E-state index contributed by atoms with van der Waals surface area (Å²) < 4.78 is 5.11. The van der Waals surface area contributed by atoms with Gasteiger partial charge in [0.1, 0.15) is 5.75 Å². The maximum Gasteiger partial charge on any atom is 0.256 e. The standard InChI is InChI=1S/C16H17N3O2/c1-21-12-4-5-13(14(17)9-12)16(20)19-8-6-15-11(10-19)3-2-7-18-15/h2-5,7,9H,6,8,10,17H2,1H3. The molecule has 1 aliphatic heterocycles. The second-order valence-electron chi connectivity index (χ2n) is 5.04. The van der Waals surface area contributed by atoms with E-state index in [-0.39, 0.29) is 5.91 Å². The molecular formula is C16H17N3O2. The second-order valence-corrected chi connectivity index (χ2v) is 5.04. The molecule has 1 aromatic carbocycles. The van der Waals surface area contributed by atoms with E-state index < -0.39 is 0 Å². The predicted octanol–water partition coefficient (Wildman–Crippen LogP) is 1.87. The average molecular weight is 283 g/mol. The van der Waals surface area contributed by atoms with Crippen molar-refractivity contribution in [1.29, 1.82) is 0 Å². The number of fused-ring (bicyclic) bond motifs is 1. The van der Waals surface area contributed by atoms with Gasteiger partial charge in [-0.3, -0.25) is 9.78 Å². The van der Waals surface area contributed by atoms with E-state index in [1.54, 1.807) is 31.5 Å². The smallest absolute Gasteiger partial charge is 0.256 e. The Kier molecular flexibility index (Phi) is 3.48. The van der Waals surface area contributed by atoms with Crippen molar-refractivity contribution in [2.45, 2.75) is 13.0 Å². The fourth-order valence-corrected chi connectivity index (χ4v) is 2.57. The van der Waals surface area contributed by atoms with Gasteiger partial charge in [0.2, 0.25) is 0 Å². The zero-order chi connectivity index (χ0) is 14.8. The third-order valence-corrected chi connectivity index (χ3v) is 3.74. The molecule has 0 aliphatic carbocycles. The van der Waals surface area contributed by atoms with Crippen molar-refractivity contribution in [3.05, 3.63) is 53.3 Å². The molecule has 0 unspecified atom stereocenters. The molecule has 5 heteroatoms. The summed E-state index contributed by atoms with van der Waals surface area (Å²) in [5.41, 5.74) is 9.09. The highest BCUT2D eigenvalue weighted by molar-refractivity contribution is 5.99. The van der Waals surface area contributed by atoms with Crippen molar-refractivity contribution >= 4 is 11.6 Å². The molecule has 1 aliphatic rings. The molecule has 3 rings (SSSR count). The van der Waals surface area contributed by atoms with E-state index in [9.17, 15) is 4.79 Å². The third kappa shape index (κ3) is 2.54. The van der Waals surface area contributed by atoms with Crippen LogP contribution < -0.4 is 10.5 Å². The Labute approximate surface area is 123 Å². The SMILES string of the molecule is COc1ccc(C(=O)N2CCc3ncccc3C2)c(N)c1. The fraction of sp³-hybridized carbons (Fsp3) is 0.250. The summed E-state index contributed by atoms with van der Waals surface area (Å²) in [6, 6.07) is 9.05. The van der Waals surface area contributed by atoms with Crippen LogP contribution >= 0.6 is 0 Å². The van der Waals surface area contributed by atoms with Gasteiger partial charge >= 0.3 is 0 Å². The Hall–Kier alpha value is -2.56. The lowest BCUT2D eigenvalue weighted by Gasteiger charge is -2.28. The lowest BCUT2D eigenvalue weighted by Crippen LogP contribution is -2.36. The first-order valence-corrected chi connectivity index (χ1v) is 6.84. The summed E-state index contributed by atoms with van der Waals surface area (Å²) in [5, 5.41) is 0. The van der Waals surface area contributed by atoms with Gasteiger partial charge < -0.3 is 15.4 Å². The van der Waals surface area contributed by atoms with Crippen molar-refractivity contribution in [2.75, 3.05) is 19.4 Å². The van der Waals surface area contributed by atoms with Crippen LogP contribution in [0.25, 0.3) is 0 Å². The van der Waals surface area contributed by atoms with Crippen molar-refractivity contribution in [1.82, 2.24) is 9.88 Å². The molecule has 0 atom stereocenters. The maximum atomic E-state index is 12.6. The minimum Gasteiger partial charge on any atom is -0.497 e. The van der Waals surface area contributed by atoms with E-state index in [0.29, 0.717) is 30.1 Å². The molecule has 1 amide bonds. The number of carbonyl (C=O) groups excluding carboxylic acids is 1. The molecule has 5 nitrogen and oxygen atoms in total. The molecule has 2 N–H and O–H groups in total. The molecule has 0 spiro atoms. The number of amides is 1. The number of nitrogen functional groups attached to an aromatic ring is 1. The largest absolute Gasteiger partial charge is 0.497 e. The van der Waals surface area contributed by atoms with E-state index in [1.807, 2.05) is 17.0 Å². The quantitative estimate of drug-likeness (QED) is 0.854. The molecule has 0 radical (unpaired) electrons. The molecule has 0 fully saturated rings. The van der Waals surface area contributed by atoms with Crippen molar-refractivity contribution in [3.63, 3.8) is 0 Å². The van der Waals surface area contributed by atoms with Crippen molar-refractivity contribution in [3.8, 4) is 5.75 Å². The number of hydrogen-bond donors (Lipinski definition) is 1. The monoisotopic (exact) mass is 283 g/mol. The van der Waals surface area contributed by atoms with Gasteiger partial charge in [0, 0.05) is 43.2 Å². The molecule has 0 saturated carbocycles. The zero-order valence-corrected chi connectivity index (χ0v) is 11.9. The number of hydrogen-bond acceptors (Lipinski definition) is 4. The van der Waals surface area contributed by atoms with Crippen LogP contribution in [0.4, 0.5) is 5.69 Å². The van der Waals surface area contributed by atoms with Gasteiger partial charge in [-0.2, -0.15) is 0 Å². The number of carbonyl (C=O) groups is 1.